The molecule has 0 amide bonds. The Hall–Kier alpha value is -0.240. The summed E-state index contributed by atoms with van der Waals surface area (Å²) in [5.41, 5.74) is 0. The van der Waals surface area contributed by atoms with E-state index < -0.39 is 0 Å². The maximum absolute atomic E-state index is 12.0. The van der Waals surface area contributed by atoms with E-state index in [1.807, 2.05) is 0 Å². The average molecular weight is 259 g/mol. The first kappa shape index (κ1) is 13.2. The van der Waals surface area contributed by atoms with Gasteiger partial charge in [-0.3, -0.25) is 4.79 Å². The summed E-state index contributed by atoms with van der Waals surface area (Å²) < 4.78 is 5.62. The zero-order chi connectivity index (χ0) is 12.3. The molecule has 17 heavy (non-hydrogen) atoms. The van der Waals surface area contributed by atoms with Crippen molar-refractivity contribution in [3.8, 4) is 0 Å². The highest BCUT2D eigenvalue weighted by molar-refractivity contribution is 6.20. The number of esters is 1. The van der Waals surface area contributed by atoms with Crippen LogP contribution in [0.25, 0.3) is 0 Å². The van der Waals surface area contributed by atoms with E-state index in [4.69, 9.17) is 16.3 Å². The van der Waals surface area contributed by atoms with E-state index in [1.54, 1.807) is 0 Å². The molecule has 0 atom stereocenters. The van der Waals surface area contributed by atoms with E-state index in [-0.39, 0.29) is 18.0 Å². The van der Waals surface area contributed by atoms with Gasteiger partial charge in [0, 0.05) is 5.38 Å². The Labute approximate surface area is 109 Å². The molecule has 0 aliphatic heterocycles. The first-order chi connectivity index (χ1) is 8.15. The Bertz CT molecular complexity index is 251. The molecule has 0 aromatic heterocycles. The average Bonchev–Trinajstić information content (AvgIpc) is 2.33. The van der Waals surface area contributed by atoms with Crippen molar-refractivity contribution in [3.05, 3.63) is 0 Å². The molecule has 2 fully saturated rings. The lowest BCUT2D eigenvalue weighted by Crippen LogP contribution is -2.30. The molecule has 0 aromatic carbocycles. The molecule has 0 bridgehead atoms. The van der Waals surface area contributed by atoms with Gasteiger partial charge < -0.3 is 4.74 Å². The molecule has 98 valence electrons. The fourth-order valence-corrected chi connectivity index (χ4v) is 3.15. The van der Waals surface area contributed by atoms with E-state index in [9.17, 15) is 4.79 Å². The van der Waals surface area contributed by atoms with Crippen molar-refractivity contribution in [1.82, 2.24) is 0 Å². The van der Waals surface area contributed by atoms with Gasteiger partial charge in [-0.05, 0) is 57.3 Å². The Kier molecular flexibility index (Phi) is 4.72. The number of halogens is 1. The maximum atomic E-state index is 12.0. The third-order valence-corrected chi connectivity index (χ3v) is 4.67. The molecule has 2 nitrogen and oxygen atoms in total. The normalized spacial score (nSPS) is 38.7. The molecule has 2 saturated carbocycles. The maximum Gasteiger partial charge on any atom is 0.309 e. The predicted molar refractivity (Wildman–Crippen MR) is 69.1 cm³/mol. The second-order valence-corrected chi connectivity index (χ2v) is 6.38. The molecule has 0 aromatic rings. The quantitative estimate of drug-likeness (QED) is 0.555. The number of ether oxygens (including phenoxy) is 1. The smallest absolute Gasteiger partial charge is 0.309 e. The summed E-state index contributed by atoms with van der Waals surface area (Å²) in [5.74, 6) is 1.00. The van der Waals surface area contributed by atoms with Crippen LogP contribution in [-0.2, 0) is 9.53 Å². The van der Waals surface area contributed by atoms with Crippen LogP contribution in [0.4, 0.5) is 0 Å². The van der Waals surface area contributed by atoms with Crippen molar-refractivity contribution < 1.29 is 9.53 Å². The predicted octanol–water partition coefficient (Wildman–Crippen LogP) is 3.91. The van der Waals surface area contributed by atoms with Crippen LogP contribution in [0.2, 0.25) is 0 Å². The molecule has 0 radical (unpaired) electrons. The van der Waals surface area contributed by atoms with Crippen LogP contribution in [-0.4, -0.2) is 17.5 Å². The van der Waals surface area contributed by atoms with E-state index in [1.165, 1.54) is 12.8 Å². The number of hydrogen-bond donors (Lipinski definition) is 0. The lowest BCUT2D eigenvalue weighted by molar-refractivity contribution is -0.156. The van der Waals surface area contributed by atoms with Gasteiger partial charge in [0.15, 0.2) is 0 Å². The van der Waals surface area contributed by atoms with Gasteiger partial charge in [-0.25, -0.2) is 0 Å². The molecular weight excluding hydrogens is 236 g/mol. The minimum atomic E-state index is 0.0509. The summed E-state index contributed by atoms with van der Waals surface area (Å²) in [4.78, 5) is 12.0. The first-order valence-electron chi connectivity index (χ1n) is 6.99. The van der Waals surface area contributed by atoms with Gasteiger partial charge in [0.05, 0.1) is 5.92 Å². The van der Waals surface area contributed by atoms with E-state index in [2.05, 4.69) is 6.92 Å². The van der Waals surface area contributed by atoms with Gasteiger partial charge in [0.25, 0.3) is 0 Å². The molecule has 2 rings (SSSR count). The largest absolute Gasteiger partial charge is 0.462 e. The zero-order valence-corrected chi connectivity index (χ0v) is 11.4. The summed E-state index contributed by atoms with van der Waals surface area (Å²) in [6.45, 7) is 2.27. The van der Waals surface area contributed by atoms with Crippen LogP contribution in [0, 0.1) is 11.8 Å². The van der Waals surface area contributed by atoms with Crippen LogP contribution < -0.4 is 0 Å². The minimum absolute atomic E-state index is 0.0509. The fourth-order valence-electron chi connectivity index (χ4n) is 2.90. The molecule has 2 aliphatic carbocycles. The van der Waals surface area contributed by atoms with Crippen molar-refractivity contribution in [1.29, 1.82) is 0 Å². The van der Waals surface area contributed by atoms with Gasteiger partial charge >= 0.3 is 5.97 Å². The Morgan fingerprint density at radius 1 is 1.00 bits per heavy atom. The molecule has 0 N–H and O–H groups in total. The van der Waals surface area contributed by atoms with Crippen molar-refractivity contribution in [3.63, 3.8) is 0 Å². The number of rotatable bonds is 2. The van der Waals surface area contributed by atoms with Crippen LogP contribution in [0.15, 0.2) is 0 Å². The van der Waals surface area contributed by atoms with Crippen LogP contribution in [0.3, 0.4) is 0 Å². The minimum Gasteiger partial charge on any atom is -0.462 e. The molecule has 0 spiro atoms. The number of carbonyl (C=O) groups is 1. The Morgan fingerprint density at radius 3 is 2.18 bits per heavy atom. The van der Waals surface area contributed by atoms with Gasteiger partial charge in [-0.2, -0.15) is 0 Å². The van der Waals surface area contributed by atoms with Crippen LogP contribution >= 0.6 is 11.6 Å². The van der Waals surface area contributed by atoms with Gasteiger partial charge in [-0.1, -0.05) is 6.92 Å². The highest BCUT2D eigenvalue weighted by Crippen LogP contribution is 2.31. The zero-order valence-electron chi connectivity index (χ0n) is 10.7. The first-order valence-corrected chi connectivity index (χ1v) is 7.43. The summed E-state index contributed by atoms with van der Waals surface area (Å²) in [7, 11) is 0. The Balaban J connectivity index is 1.73. The molecule has 3 heteroatoms. The third kappa shape index (κ3) is 3.87. The summed E-state index contributed by atoms with van der Waals surface area (Å²) in [6.07, 6.45) is 8.39. The molecule has 0 saturated heterocycles. The fraction of sp³-hybridized carbons (Fsp3) is 0.929. The summed E-state index contributed by atoms with van der Waals surface area (Å²) in [6, 6.07) is 0. The topological polar surface area (TPSA) is 26.3 Å². The number of alkyl halides is 1. The van der Waals surface area contributed by atoms with Crippen molar-refractivity contribution in [2.75, 3.05) is 0 Å². The van der Waals surface area contributed by atoms with Gasteiger partial charge in [0.1, 0.15) is 6.10 Å². The highest BCUT2D eigenvalue weighted by Gasteiger charge is 2.29. The molecular formula is C14H23ClO2. The molecule has 0 heterocycles. The van der Waals surface area contributed by atoms with Crippen molar-refractivity contribution in [2.45, 2.75) is 69.8 Å². The number of carbonyl (C=O) groups excluding carboxylic acids is 1. The van der Waals surface area contributed by atoms with Crippen LogP contribution in [0.1, 0.15) is 58.3 Å². The second-order valence-electron chi connectivity index (χ2n) is 5.77. The second kappa shape index (κ2) is 6.08. The molecule has 0 unspecified atom stereocenters. The third-order valence-electron chi connectivity index (χ3n) is 4.24. The van der Waals surface area contributed by atoms with E-state index in [0.29, 0.717) is 5.38 Å². The van der Waals surface area contributed by atoms with E-state index >= 15 is 0 Å². The number of hydrogen-bond acceptors (Lipinski definition) is 2. The van der Waals surface area contributed by atoms with Crippen LogP contribution in [0.5, 0.6) is 0 Å². The molecule has 2 aliphatic rings. The Morgan fingerprint density at radius 2 is 1.59 bits per heavy atom. The standard InChI is InChI=1S/C14H23ClO2/c1-10-2-4-11(5-3-10)14(16)17-13-8-6-12(15)7-9-13/h10-13H,2-9H2,1H3. The lowest BCUT2D eigenvalue weighted by atomic mass is 9.83. The van der Waals surface area contributed by atoms with E-state index in [0.717, 1.165) is 44.4 Å². The lowest BCUT2D eigenvalue weighted by Gasteiger charge is -2.29. The summed E-state index contributed by atoms with van der Waals surface area (Å²) in [5, 5.41) is 0.292. The SMILES string of the molecule is CC1CCC(C(=O)OC2CCC(Cl)CC2)CC1. The van der Waals surface area contributed by atoms with Crippen molar-refractivity contribution in [2.24, 2.45) is 11.8 Å². The summed E-state index contributed by atoms with van der Waals surface area (Å²) >= 11 is 6.04. The van der Waals surface area contributed by atoms with Gasteiger partial charge in [-0.15, -0.1) is 11.6 Å². The van der Waals surface area contributed by atoms with Crippen molar-refractivity contribution >= 4 is 17.6 Å². The highest BCUT2D eigenvalue weighted by atomic mass is 35.5. The monoisotopic (exact) mass is 258 g/mol. The van der Waals surface area contributed by atoms with Gasteiger partial charge in [0.2, 0.25) is 0 Å².